The van der Waals surface area contributed by atoms with Crippen LogP contribution in [0, 0.1) is 0 Å². The second-order valence-electron chi connectivity index (χ2n) is 2.76. The van der Waals surface area contributed by atoms with Crippen molar-refractivity contribution < 1.29 is 0 Å². The van der Waals surface area contributed by atoms with Gasteiger partial charge in [-0.05, 0) is 15.9 Å². The zero-order valence-corrected chi connectivity index (χ0v) is 9.62. The number of alkyl halides is 2. The molecule has 0 fully saturated rings. The van der Waals surface area contributed by atoms with Gasteiger partial charge in [-0.1, -0.05) is 47.5 Å². The highest BCUT2D eigenvalue weighted by molar-refractivity contribution is 9.10. The zero-order valence-electron chi connectivity index (χ0n) is 6.52. The summed E-state index contributed by atoms with van der Waals surface area (Å²) in [5, 5.41) is 3.62. The van der Waals surface area contributed by atoms with Crippen LogP contribution in [0.1, 0.15) is 11.1 Å². The minimum Gasteiger partial charge on any atom is -0.359 e. The lowest BCUT2D eigenvalue weighted by Crippen LogP contribution is -2.30. The van der Waals surface area contributed by atoms with E-state index in [0.717, 1.165) is 11.1 Å². The van der Waals surface area contributed by atoms with Gasteiger partial charge in [-0.2, -0.15) is 0 Å². The minimum absolute atomic E-state index is 0.673. The Balaban J connectivity index is 2.64. The monoisotopic (exact) mass is 277 g/mol. The van der Waals surface area contributed by atoms with Gasteiger partial charge in [-0.15, -0.1) is 0 Å². The standard InChI is InChI=1S/C9H6BrCl2N/c10-9(12)7-4-2-1-3-6(7)8(11)5-13-9/h1-5,13H. The van der Waals surface area contributed by atoms with Crippen LogP contribution in [-0.2, 0) is 3.91 Å². The van der Waals surface area contributed by atoms with Crippen LogP contribution >= 0.6 is 39.1 Å². The number of nitrogens with one attached hydrogen (secondary N) is 1. The molecule has 0 bridgehead atoms. The van der Waals surface area contributed by atoms with Crippen molar-refractivity contribution >= 4 is 44.2 Å². The Morgan fingerprint density at radius 2 is 2.00 bits per heavy atom. The molecule has 0 amide bonds. The van der Waals surface area contributed by atoms with Crippen LogP contribution in [-0.4, -0.2) is 0 Å². The molecule has 1 aliphatic rings. The summed E-state index contributed by atoms with van der Waals surface area (Å²) >= 11 is 15.5. The number of hydrogen-bond acceptors (Lipinski definition) is 1. The number of rotatable bonds is 0. The first-order chi connectivity index (χ1) is 6.11. The fourth-order valence-corrected chi connectivity index (χ4v) is 2.17. The summed E-state index contributed by atoms with van der Waals surface area (Å²) in [6, 6.07) is 7.72. The van der Waals surface area contributed by atoms with Crippen LogP contribution < -0.4 is 5.32 Å². The molecule has 4 heteroatoms. The maximum Gasteiger partial charge on any atom is 0.194 e. The van der Waals surface area contributed by atoms with Crippen LogP contribution in [0.15, 0.2) is 30.5 Å². The normalized spacial score (nSPS) is 25.9. The lowest BCUT2D eigenvalue weighted by Gasteiger charge is -2.27. The molecule has 68 valence electrons. The average molecular weight is 279 g/mol. The van der Waals surface area contributed by atoms with Crippen molar-refractivity contribution in [2.75, 3.05) is 0 Å². The van der Waals surface area contributed by atoms with Crippen LogP contribution in [0.5, 0.6) is 0 Å². The van der Waals surface area contributed by atoms with E-state index in [-0.39, 0.29) is 0 Å². The Morgan fingerprint density at radius 1 is 1.31 bits per heavy atom. The molecule has 1 unspecified atom stereocenters. The third kappa shape index (κ3) is 1.58. The molecule has 13 heavy (non-hydrogen) atoms. The first-order valence-electron chi connectivity index (χ1n) is 3.72. The van der Waals surface area contributed by atoms with E-state index in [1.54, 1.807) is 6.20 Å². The Bertz CT molecular complexity index is 374. The van der Waals surface area contributed by atoms with Gasteiger partial charge in [0.05, 0.1) is 5.03 Å². The predicted molar refractivity (Wildman–Crippen MR) is 59.9 cm³/mol. The quantitative estimate of drug-likeness (QED) is 0.565. The van der Waals surface area contributed by atoms with Crippen molar-refractivity contribution in [3.63, 3.8) is 0 Å². The smallest absolute Gasteiger partial charge is 0.194 e. The molecular formula is C9H6BrCl2N. The van der Waals surface area contributed by atoms with E-state index in [1.165, 1.54) is 0 Å². The highest BCUT2D eigenvalue weighted by atomic mass is 79.9. The summed E-state index contributed by atoms with van der Waals surface area (Å²) in [6.07, 6.45) is 1.69. The molecule has 1 aromatic rings. The number of fused-ring (bicyclic) bond motifs is 1. The maximum atomic E-state index is 6.17. The van der Waals surface area contributed by atoms with E-state index >= 15 is 0 Å². The van der Waals surface area contributed by atoms with Crippen LogP contribution in [0.4, 0.5) is 0 Å². The number of halogens is 3. The third-order valence-corrected chi connectivity index (χ3v) is 3.18. The fourth-order valence-electron chi connectivity index (χ4n) is 1.27. The molecular weight excluding hydrogens is 273 g/mol. The van der Waals surface area contributed by atoms with E-state index in [2.05, 4.69) is 21.2 Å². The summed E-state index contributed by atoms with van der Waals surface area (Å²) in [4.78, 5) is 0. The van der Waals surface area contributed by atoms with Gasteiger partial charge in [0.1, 0.15) is 0 Å². The second-order valence-corrected chi connectivity index (χ2v) is 5.38. The highest BCUT2D eigenvalue weighted by Crippen LogP contribution is 2.41. The van der Waals surface area contributed by atoms with Crippen LogP contribution in [0.2, 0.25) is 0 Å². The molecule has 0 radical (unpaired) electrons. The Morgan fingerprint density at radius 3 is 2.69 bits per heavy atom. The van der Waals surface area contributed by atoms with Crippen molar-refractivity contribution in [3.8, 4) is 0 Å². The highest BCUT2D eigenvalue weighted by Gasteiger charge is 2.30. The van der Waals surface area contributed by atoms with Crippen molar-refractivity contribution in [3.05, 3.63) is 41.6 Å². The SMILES string of the molecule is ClC1=CNC(Cl)(Br)c2ccccc21. The molecule has 1 heterocycles. The second kappa shape index (κ2) is 3.19. The van der Waals surface area contributed by atoms with E-state index in [0.29, 0.717) is 5.03 Å². The molecule has 0 spiro atoms. The summed E-state index contributed by atoms with van der Waals surface area (Å²) in [5.74, 6) is 0. The fraction of sp³-hybridized carbons (Fsp3) is 0.111. The summed E-state index contributed by atoms with van der Waals surface area (Å²) < 4.78 is -0.734. The Labute approximate surface area is 94.9 Å². The van der Waals surface area contributed by atoms with Crippen LogP contribution in [0.3, 0.4) is 0 Å². The van der Waals surface area contributed by atoms with Gasteiger partial charge < -0.3 is 5.32 Å². The van der Waals surface area contributed by atoms with Gasteiger partial charge in [0.2, 0.25) is 0 Å². The molecule has 0 saturated heterocycles. The molecule has 1 aromatic carbocycles. The maximum absolute atomic E-state index is 6.17. The van der Waals surface area contributed by atoms with E-state index in [9.17, 15) is 0 Å². The van der Waals surface area contributed by atoms with Gasteiger partial charge in [-0.25, -0.2) is 0 Å². The van der Waals surface area contributed by atoms with Crippen molar-refractivity contribution in [1.82, 2.24) is 5.32 Å². The lowest BCUT2D eigenvalue weighted by molar-refractivity contribution is 0.771. The van der Waals surface area contributed by atoms with Gasteiger partial charge in [0.25, 0.3) is 0 Å². The minimum atomic E-state index is -0.734. The Hall–Kier alpha value is -0.180. The zero-order chi connectivity index (χ0) is 9.47. The van der Waals surface area contributed by atoms with Gasteiger partial charge in [0.15, 0.2) is 3.91 Å². The van der Waals surface area contributed by atoms with Crippen molar-refractivity contribution in [1.29, 1.82) is 0 Å². The van der Waals surface area contributed by atoms with E-state index in [1.807, 2.05) is 24.3 Å². The topological polar surface area (TPSA) is 12.0 Å². The summed E-state index contributed by atoms with van der Waals surface area (Å²) in [7, 11) is 0. The van der Waals surface area contributed by atoms with Crippen molar-refractivity contribution in [2.45, 2.75) is 3.91 Å². The molecule has 0 aromatic heterocycles. The lowest BCUT2D eigenvalue weighted by atomic mass is 10.1. The van der Waals surface area contributed by atoms with Gasteiger partial charge in [-0.3, -0.25) is 0 Å². The molecule has 1 nitrogen and oxygen atoms in total. The molecule has 1 aliphatic heterocycles. The average Bonchev–Trinajstić information content (AvgIpc) is 2.13. The molecule has 1 N–H and O–H groups in total. The summed E-state index contributed by atoms with van der Waals surface area (Å²) in [6.45, 7) is 0. The van der Waals surface area contributed by atoms with Crippen molar-refractivity contribution in [2.24, 2.45) is 0 Å². The van der Waals surface area contributed by atoms with Gasteiger partial charge in [0, 0.05) is 17.3 Å². The summed E-state index contributed by atoms with van der Waals surface area (Å²) in [5.41, 5.74) is 1.89. The van der Waals surface area contributed by atoms with E-state index in [4.69, 9.17) is 23.2 Å². The molecule has 1 atom stereocenters. The molecule has 2 rings (SSSR count). The number of benzene rings is 1. The largest absolute Gasteiger partial charge is 0.359 e. The Kier molecular flexibility index (Phi) is 2.30. The predicted octanol–water partition coefficient (Wildman–Crippen LogP) is 3.57. The first-order valence-corrected chi connectivity index (χ1v) is 5.27. The number of hydrogen-bond donors (Lipinski definition) is 1. The van der Waals surface area contributed by atoms with Crippen LogP contribution in [0.25, 0.3) is 5.03 Å². The molecule has 0 aliphatic carbocycles. The third-order valence-electron chi connectivity index (χ3n) is 1.90. The van der Waals surface area contributed by atoms with E-state index < -0.39 is 3.91 Å². The first kappa shape index (κ1) is 9.38. The van der Waals surface area contributed by atoms with Gasteiger partial charge >= 0.3 is 0 Å². The molecule has 0 saturated carbocycles.